The minimum atomic E-state index is -1.52. The molecule has 0 aromatic heterocycles. The summed E-state index contributed by atoms with van der Waals surface area (Å²) < 4.78 is 4.98. The van der Waals surface area contributed by atoms with Gasteiger partial charge in [0, 0.05) is 6.42 Å². The van der Waals surface area contributed by atoms with Gasteiger partial charge in [0.2, 0.25) is 0 Å². The van der Waals surface area contributed by atoms with Gasteiger partial charge in [0.25, 0.3) is 5.79 Å². The summed E-state index contributed by atoms with van der Waals surface area (Å²) in [5.74, 6) is -2.63. The molecule has 0 aliphatic carbocycles. The van der Waals surface area contributed by atoms with E-state index in [-0.39, 0.29) is 6.10 Å². The molecule has 3 aliphatic heterocycles. The fourth-order valence-electron chi connectivity index (χ4n) is 1.23. The standard InChI is InChI=1S/C6H8O5/c7-5(8)6-2-1-4(3-9-6)10-11-6/h4H,1-3H2,(H,7,8). The molecule has 2 unspecified atom stereocenters. The summed E-state index contributed by atoms with van der Waals surface area (Å²) in [4.78, 5) is 19.9. The van der Waals surface area contributed by atoms with E-state index >= 15 is 0 Å². The molecule has 3 heterocycles. The van der Waals surface area contributed by atoms with Crippen LogP contribution in [0.2, 0.25) is 0 Å². The molecule has 3 saturated heterocycles. The zero-order chi connectivity index (χ0) is 7.90. The van der Waals surface area contributed by atoms with Crippen LogP contribution in [0.15, 0.2) is 0 Å². The highest BCUT2D eigenvalue weighted by Gasteiger charge is 2.51. The molecule has 3 aliphatic rings. The fourth-order valence-corrected chi connectivity index (χ4v) is 1.23. The number of hydrogen-bond donors (Lipinski definition) is 1. The van der Waals surface area contributed by atoms with Gasteiger partial charge in [-0.05, 0) is 6.42 Å². The van der Waals surface area contributed by atoms with Gasteiger partial charge in [0.05, 0.1) is 6.61 Å². The lowest BCUT2D eigenvalue weighted by atomic mass is 10.0. The third-order valence-electron chi connectivity index (χ3n) is 1.94. The van der Waals surface area contributed by atoms with E-state index in [2.05, 4.69) is 4.89 Å². The van der Waals surface area contributed by atoms with Crippen molar-refractivity contribution in [2.24, 2.45) is 0 Å². The molecule has 0 radical (unpaired) electrons. The largest absolute Gasteiger partial charge is 0.477 e. The maximum atomic E-state index is 10.6. The minimum absolute atomic E-state index is 0.0868. The van der Waals surface area contributed by atoms with Crippen molar-refractivity contribution in [3.8, 4) is 0 Å². The highest BCUT2D eigenvalue weighted by atomic mass is 17.2. The van der Waals surface area contributed by atoms with E-state index in [4.69, 9.17) is 14.7 Å². The maximum absolute atomic E-state index is 10.6. The molecule has 5 heteroatoms. The van der Waals surface area contributed by atoms with Crippen LogP contribution in [-0.2, 0) is 19.3 Å². The number of ether oxygens (including phenoxy) is 1. The predicted molar refractivity (Wildman–Crippen MR) is 31.5 cm³/mol. The summed E-state index contributed by atoms with van der Waals surface area (Å²) in [6.07, 6.45) is 0.968. The van der Waals surface area contributed by atoms with E-state index in [1.165, 1.54) is 0 Å². The van der Waals surface area contributed by atoms with Crippen molar-refractivity contribution in [3.63, 3.8) is 0 Å². The fraction of sp³-hybridized carbons (Fsp3) is 0.833. The first-order valence-corrected chi connectivity index (χ1v) is 3.45. The van der Waals surface area contributed by atoms with E-state index in [9.17, 15) is 4.79 Å². The third-order valence-corrected chi connectivity index (χ3v) is 1.94. The van der Waals surface area contributed by atoms with Gasteiger partial charge in [-0.1, -0.05) is 0 Å². The lowest BCUT2D eigenvalue weighted by Gasteiger charge is -2.40. The third kappa shape index (κ3) is 0.926. The molecule has 2 bridgehead atoms. The van der Waals surface area contributed by atoms with Crippen molar-refractivity contribution in [3.05, 3.63) is 0 Å². The monoisotopic (exact) mass is 160 g/mol. The Morgan fingerprint density at radius 3 is 2.73 bits per heavy atom. The lowest BCUT2D eigenvalue weighted by Crippen LogP contribution is -2.55. The molecular formula is C6H8O5. The lowest BCUT2D eigenvalue weighted by molar-refractivity contribution is -0.496. The van der Waals surface area contributed by atoms with Gasteiger partial charge in [-0.25, -0.2) is 9.68 Å². The Kier molecular flexibility index (Phi) is 1.38. The summed E-state index contributed by atoms with van der Waals surface area (Å²) in [5.41, 5.74) is 0. The van der Waals surface area contributed by atoms with Crippen LogP contribution in [0.4, 0.5) is 0 Å². The van der Waals surface area contributed by atoms with E-state index in [0.29, 0.717) is 19.4 Å². The second-order valence-electron chi connectivity index (χ2n) is 2.71. The Balaban J connectivity index is 2.18. The van der Waals surface area contributed by atoms with E-state index < -0.39 is 11.8 Å². The summed E-state index contributed by atoms with van der Waals surface area (Å²) in [6, 6.07) is 0. The van der Waals surface area contributed by atoms with Crippen LogP contribution in [0, 0.1) is 0 Å². The molecule has 5 nitrogen and oxygen atoms in total. The Labute approximate surface area is 62.8 Å². The van der Waals surface area contributed by atoms with Gasteiger partial charge in [-0.2, -0.15) is 4.89 Å². The Bertz CT molecular complexity index is 168. The van der Waals surface area contributed by atoms with Gasteiger partial charge >= 0.3 is 5.97 Å². The Morgan fingerprint density at radius 1 is 1.64 bits per heavy atom. The Morgan fingerprint density at radius 2 is 2.45 bits per heavy atom. The van der Waals surface area contributed by atoms with Gasteiger partial charge in [-0.3, -0.25) is 0 Å². The van der Waals surface area contributed by atoms with Gasteiger partial charge < -0.3 is 9.84 Å². The Hall–Kier alpha value is -0.650. The van der Waals surface area contributed by atoms with Crippen molar-refractivity contribution in [1.29, 1.82) is 0 Å². The van der Waals surface area contributed by atoms with Crippen molar-refractivity contribution in [2.75, 3.05) is 6.61 Å². The number of fused-ring (bicyclic) bond motifs is 3. The first-order valence-electron chi connectivity index (χ1n) is 3.45. The predicted octanol–water partition coefficient (Wildman–Crippen LogP) is -0.0919. The number of hydrogen-bond acceptors (Lipinski definition) is 4. The van der Waals surface area contributed by atoms with Gasteiger partial charge in [-0.15, -0.1) is 0 Å². The van der Waals surface area contributed by atoms with Crippen LogP contribution in [0.5, 0.6) is 0 Å². The van der Waals surface area contributed by atoms with Crippen LogP contribution in [0.25, 0.3) is 0 Å². The van der Waals surface area contributed by atoms with Crippen molar-refractivity contribution in [1.82, 2.24) is 0 Å². The number of carboxylic acid groups (broad SMARTS) is 1. The zero-order valence-electron chi connectivity index (χ0n) is 5.78. The molecule has 11 heavy (non-hydrogen) atoms. The summed E-state index contributed by atoms with van der Waals surface area (Å²) in [5, 5.41) is 8.68. The van der Waals surface area contributed by atoms with Crippen molar-refractivity contribution < 1.29 is 24.4 Å². The van der Waals surface area contributed by atoms with Crippen molar-refractivity contribution in [2.45, 2.75) is 24.7 Å². The van der Waals surface area contributed by atoms with E-state index in [1.54, 1.807) is 0 Å². The molecule has 62 valence electrons. The van der Waals surface area contributed by atoms with Crippen LogP contribution >= 0.6 is 0 Å². The van der Waals surface area contributed by atoms with Crippen LogP contribution < -0.4 is 0 Å². The van der Waals surface area contributed by atoms with Crippen LogP contribution in [-0.4, -0.2) is 29.6 Å². The maximum Gasteiger partial charge on any atom is 0.367 e. The highest BCUT2D eigenvalue weighted by Crippen LogP contribution is 2.34. The van der Waals surface area contributed by atoms with Crippen LogP contribution in [0.1, 0.15) is 12.8 Å². The molecule has 0 aromatic rings. The molecule has 0 amide bonds. The van der Waals surface area contributed by atoms with Gasteiger partial charge in [0.15, 0.2) is 0 Å². The van der Waals surface area contributed by atoms with Crippen molar-refractivity contribution >= 4 is 5.97 Å². The molecule has 0 aromatic carbocycles. The summed E-state index contributed by atoms with van der Waals surface area (Å²) in [6.45, 7) is 0.312. The summed E-state index contributed by atoms with van der Waals surface area (Å²) in [7, 11) is 0. The first-order chi connectivity index (χ1) is 5.23. The molecule has 0 spiro atoms. The van der Waals surface area contributed by atoms with Gasteiger partial charge in [0.1, 0.15) is 6.10 Å². The zero-order valence-corrected chi connectivity index (χ0v) is 5.78. The van der Waals surface area contributed by atoms with Crippen LogP contribution in [0.3, 0.4) is 0 Å². The first kappa shape index (κ1) is 7.02. The average Bonchev–Trinajstić information content (AvgIpc) is 2.08. The number of rotatable bonds is 1. The molecule has 0 saturated carbocycles. The second kappa shape index (κ2) is 2.17. The number of carbonyl (C=O) groups is 1. The quantitative estimate of drug-likeness (QED) is 0.543. The second-order valence-corrected chi connectivity index (χ2v) is 2.71. The molecule has 3 rings (SSSR count). The average molecular weight is 160 g/mol. The normalized spacial score (nSPS) is 42.4. The van der Waals surface area contributed by atoms with E-state index in [0.717, 1.165) is 0 Å². The smallest absolute Gasteiger partial charge is 0.367 e. The molecule has 3 fully saturated rings. The van der Waals surface area contributed by atoms with E-state index in [1.807, 2.05) is 0 Å². The summed E-state index contributed by atoms with van der Waals surface area (Å²) >= 11 is 0. The number of carboxylic acids is 1. The molecule has 1 N–H and O–H groups in total. The SMILES string of the molecule is O=C(O)C12CCC(CO1)OO2. The minimum Gasteiger partial charge on any atom is -0.477 e. The number of aliphatic carboxylic acids is 1. The molecular weight excluding hydrogens is 152 g/mol. The topological polar surface area (TPSA) is 65.0 Å². The molecule has 2 atom stereocenters. The highest BCUT2D eigenvalue weighted by molar-refractivity contribution is 5.75.